The molecule has 0 saturated heterocycles. The fraction of sp³-hybridized carbons (Fsp3) is 0.467. The van der Waals surface area contributed by atoms with Gasteiger partial charge in [0.2, 0.25) is 5.91 Å². The van der Waals surface area contributed by atoms with E-state index in [0.29, 0.717) is 12.8 Å². The summed E-state index contributed by atoms with van der Waals surface area (Å²) in [7, 11) is -3.14. The third-order valence-electron chi connectivity index (χ3n) is 3.74. The van der Waals surface area contributed by atoms with Crippen LogP contribution in [0.2, 0.25) is 0 Å². The Morgan fingerprint density at radius 3 is 2.45 bits per heavy atom. The van der Waals surface area contributed by atoms with Gasteiger partial charge in [0.15, 0.2) is 0 Å². The highest BCUT2D eigenvalue weighted by Gasteiger charge is 2.46. The molecule has 1 amide bonds. The molecular formula is C15H19NO5S. The van der Waals surface area contributed by atoms with E-state index in [1.54, 1.807) is 19.1 Å². The van der Waals surface area contributed by atoms with Gasteiger partial charge in [0.1, 0.15) is 9.84 Å². The summed E-state index contributed by atoms with van der Waals surface area (Å²) >= 11 is 0. The normalized spacial score (nSPS) is 16.1. The van der Waals surface area contributed by atoms with Crippen molar-refractivity contribution in [3.05, 3.63) is 29.3 Å². The van der Waals surface area contributed by atoms with Crippen LogP contribution in [0, 0.1) is 12.3 Å². The highest BCUT2D eigenvalue weighted by molar-refractivity contribution is 7.90. The highest BCUT2D eigenvalue weighted by Crippen LogP contribution is 2.49. The number of anilines is 1. The molecule has 1 aliphatic rings. The molecule has 7 heteroatoms. The molecule has 0 atom stereocenters. The van der Waals surface area contributed by atoms with Crippen LogP contribution in [-0.4, -0.2) is 37.4 Å². The minimum Gasteiger partial charge on any atom is -0.478 e. The summed E-state index contributed by atoms with van der Waals surface area (Å²) in [5, 5.41) is 11.8. The zero-order valence-corrected chi connectivity index (χ0v) is 13.4. The second-order valence-corrected chi connectivity index (χ2v) is 8.29. The number of carbonyl (C=O) groups is 2. The first kappa shape index (κ1) is 16.5. The van der Waals surface area contributed by atoms with Crippen LogP contribution in [0.1, 0.15) is 35.2 Å². The summed E-state index contributed by atoms with van der Waals surface area (Å²) in [6.07, 6.45) is 2.65. The maximum atomic E-state index is 12.1. The quantitative estimate of drug-likeness (QED) is 0.831. The van der Waals surface area contributed by atoms with Crippen molar-refractivity contribution in [3.63, 3.8) is 0 Å². The second kappa shape index (κ2) is 5.72. The smallest absolute Gasteiger partial charge is 0.337 e. The molecule has 0 bridgehead atoms. The van der Waals surface area contributed by atoms with Crippen molar-refractivity contribution in [2.24, 2.45) is 5.41 Å². The van der Waals surface area contributed by atoms with E-state index in [9.17, 15) is 23.1 Å². The molecule has 0 aromatic heterocycles. The van der Waals surface area contributed by atoms with Crippen molar-refractivity contribution < 1.29 is 23.1 Å². The molecule has 0 unspecified atom stereocenters. The molecule has 1 aromatic carbocycles. The van der Waals surface area contributed by atoms with Gasteiger partial charge in [-0.3, -0.25) is 4.79 Å². The number of carboxylic acids is 1. The molecule has 1 saturated carbocycles. The Kier molecular flexibility index (Phi) is 4.28. The van der Waals surface area contributed by atoms with E-state index < -0.39 is 21.2 Å². The Hall–Kier alpha value is -1.89. The molecule has 120 valence electrons. The Morgan fingerprint density at radius 2 is 1.95 bits per heavy atom. The minimum absolute atomic E-state index is 0.00684. The summed E-state index contributed by atoms with van der Waals surface area (Å²) in [6.45, 7) is 1.77. The van der Waals surface area contributed by atoms with Gasteiger partial charge < -0.3 is 10.4 Å². The van der Waals surface area contributed by atoms with Crippen LogP contribution >= 0.6 is 0 Å². The van der Waals surface area contributed by atoms with Crippen LogP contribution in [0.3, 0.4) is 0 Å². The first-order valence-corrected chi connectivity index (χ1v) is 8.98. The van der Waals surface area contributed by atoms with Crippen LogP contribution in [0.25, 0.3) is 0 Å². The molecule has 0 aliphatic heterocycles. The predicted molar refractivity (Wildman–Crippen MR) is 82.8 cm³/mol. The summed E-state index contributed by atoms with van der Waals surface area (Å²) < 4.78 is 22.8. The number of carboxylic acid groups (broad SMARTS) is 1. The van der Waals surface area contributed by atoms with Gasteiger partial charge in [0.05, 0.1) is 17.0 Å². The Morgan fingerprint density at radius 1 is 1.32 bits per heavy atom. The Bertz CT molecular complexity index is 719. The fourth-order valence-electron chi connectivity index (χ4n) is 2.58. The predicted octanol–water partition coefficient (Wildman–Crippen LogP) is 1.85. The summed E-state index contributed by atoms with van der Waals surface area (Å²) in [4.78, 5) is 23.3. The molecule has 1 fully saturated rings. The third kappa shape index (κ3) is 4.30. The lowest BCUT2D eigenvalue weighted by Crippen LogP contribution is -2.24. The average molecular weight is 325 g/mol. The van der Waals surface area contributed by atoms with E-state index >= 15 is 0 Å². The molecule has 1 aliphatic carbocycles. The van der Waals surface area contributed by atoms with Gasteiger partial charge in [-0.1, -0.05) is 11.6 Å². The van der Waals surface area contributed by atoms with E-state index in [-0.39, 0.29) is 29.3 Å². The highest BCUT2D eigenvalue weighted by atomic mass is 32.2. The number of nitrogens with one attached hydrogen (secondary N) is 1. The number of hydrogen-bond acceptors (Lipinski definition) is 4. The van der Waals surface area contributed by atoms with Gasteiger partial charge in [-0.05, 0) is 37.3 Å². The summed E-state index contributed by atoms with van der Waals surface area (Å²) in [5.41, 5.74) is 0.567. The van der Waals surface area contributed by atoms with Crippen molar-refractivity contribution >= 4 is 27.4 Å². The lowest BCUT2D eigenvalue weighted by atomic mass is 10.0. The topological polar surface area (TPSA) is 101 Å². The number of aryl methyl sites for hydroxylation is 1. The van der Waals surface area contributed by atoms with E-state index in [0.717, 1.165) is 11.8 Å². The van der Waals surface area contributed by atoms with Gasteiger partial charge in [0, 0.05) is 12.7 Å². The lowest BCUT2D eigenvalue weighted by Gasteiger charge is -2.14. The minimum atomic E-state index is -3.14. The van der Waals surface area contributed by atoms with Crippen LogP contribution in [0.15, 0.2) is 18.2 Å². The van der Waals surface area contributed by atoms with Crippen LogP contribution in [0.5, 0.6) is 0 Å². The molecule has 0 radical (unpaired) electrons. The van der Waals surface area contributed by atoms with E-state index in [1.165, 1.54) is 6.07 Å². The number of carbonyl (C=O) groups excluding carboxylic acids is 1. The summed E-state index contributed by atoms with van der Waals surface area (Å²) in [6, 6.07) is 4.75. The van der Waals surface area contributed by atoms with Gasteiger partial charge >= 0.3 is 5.97 Å². The molecule has 0 heterocycles. The summed E-state index contributed by atoms with van der Waals surface area (Å²) in [5.74, 6) is -1.48. The molecule has 22 heavy (non-hydrogen) atoms. The van der Waals surface area contributed by atoms with Gasteiger partial charge in [-0.25, -0.2) is 13.2 Å². The second-order valence-electron chi connectivity index (χ2n) is 6.15. The SMILES string of the molecule is Cc1ccc(NC(=O)CC2(CS(C)(=O)=O)CC2)c(C(=O)O)c1. The van der Waals surface area contributed by atoms with Gasteiger partial charge in [-0.2, -0.15) is 0 Å². The molecular weight excluding hydrogens is 306 g/mol. The Balaban J connectivity index is 2.09. The van der Waals surface area contributed by atoms with Crippen LogP contribution < -0.4 is 5.32 Å². The zero-order chi connectivity index (χ0) is 16.5. The maximum absolute atomic E-state index is 12.1. The first-order chi connectivity index (χ1) is 10.1. The number of amides is 1. The van der Waals surface area contributed by atoms with Crippen LogP contribution in [-0.2, 0) is 14.6 Å². The molecule has 2 N–H and O–H groups in total. The van der Waals surface area contributed by atoms with Crippen molar-refractivity contribution in [2.75, 3.05) is 17.3 Å². The molecule has 2 rings (SSSR count). The Labute approximate surface area is 129 Å². The van der Waals surface area contributed by atoms with Crippen LogP contribution in [0.4, 0.5) is 5.69 Å². The molecule has 0 spiro atoms. The lowest BCUT2D eigenvalue weighted by molar-refractivity contribution is -0.117. The zero-order valence-electron chi connectivity index (χ0n) is 12.5. The van der Waals surface area contributed by atoms with E-state index in [1.807, 2.05) is 0 Å². The maximum Gasteiger partial charge on any atom is 0.337 e. The first-order valence-electron chi connectivity index (χ1n) is 6.92. The number of benzene rings is 1. The standard InChI is InChI=1S/C15H19NO5S/c1-10-3-4-12(11(7-10)14(18)19)16-13(17)8-15(5-6-15)9-22(2,20)21/h3-4,7H,5-6,8-9H2,1-2H3,(H,16,17)(H,18,19). The number of hydrogen-bond donors (Lipinski definition) is 2. The largest absolute Gasteiger partial charge is 0.478 e. The molecule has 1 aromatic rings. The van der Waals surface area contributed by atoms with Crippen molar-refractivity contribution in [1.29, 1.82) is 0 Å². The van der Waals surface area contributed by atoms with Crippen molar-refractivity contribution in [2.45, 2.75) is 26.2 Å². The van der Waals surface area contributed by atoms with Gasteiger partial charge in [-0.15, -0.1) is 0 Å². The van der Waals surface area contributed by atoms with Crippen molar-refractivity contribution in [3.8, 4) is 0 Å². The fourth-order valence-corrected chi connectivity index (χ4v) is 4.09. The van der Waals surface area contributed by atoms with Gasteiger partial charge in [0.25, 0.3) is 0 Å². The molecule has 6 nitrogen and oxygen atoms in total. The van der Waals surface area contributed by atoms with E-state index in [2.05, 4.69) is 5.32 Å². The average Bonchev–Trinajstić information content (AvgIpc) is 3.07. The third-order valence-corrected chi connectivity index (χ3v) is 4.88. The van der Waals surface area contributed by atoms with Crippen molar-refractivity contribution in [1.82, 2.24) is 0 Å². The number of rotatable bonds is 6. The number of sulfone groups is 1. The number of aromatic carboxylic acids is 1. The van der Waals surface area contributed by atoms with E-state index in [4.69, 9.17) is 0 Å². The monoisotopic (exact) mass is 325 g/mol.